The molecular weight excluding hydrogens is 247 g/mol. The third-order valence-corrected chi connectivity index (χ3v) is 1.58. The minimum Gasteiger partial charge on any atom is -0.391 e. The first-order valence-electron chi connectivity index (χ1n) is 1.84. The molecule has 0 heterocycles. The summed E-state index contributed by atoms with van der Waals surface area (Å²) in [7, 11) is 0. The van der Waals surface area contributed by atoms with Crippen LogP contribution in [0.25, 0.3) is 0 Å². The molecule has 0 saturated heterocycles. The molecule has 0 aromatic carbocycles. The molecule has 0 radical (unpaired) electrons. The van der Waals surface area contributed by atoms with Gasteiger partial charge in [-0.05, 0) is 0 Å². The molecule has 0 aliphatic carbocycles. The van der Waals surface area contributed by atoms with Crippen LogP contribution >= 0.6 is 0 Å². The summed E-state index contributed by atoms with van der Waals surface area (Å²) >= 11 is -5.78. The van der Waals surface area contributed by atoms with E-state index in [0.29, 0.717) is 0 Å². The summed E-state index contributed by atoms with van der Waals surface area (Å²) in [6.07, 6.45) is -1.91. The second-order valence-electron chi connectivity index (χ2n) is 1.10. The Hall–Kier alpha value is 0.490. The summed E-state index contributed by atoms with van der Waals surface area (Å²) in [5, 5.41) is 16.1. The van der Waals surface area contributed by atoms with E-state index in [2.05, 4.69) is 3.07 Å². The molecule has 0 spiro atoms. The van der Waals surface area contributed by atoms with E-state index in [0.717, 1.165) is 0 Å². The maximum atomic E-state index is 9.65. The van der Waals surface area contributed by atoms with Crippen molar-refractivity contribution in [2.45, 2.75) is 6.29 Å². The van der Waals surface area contributed by atoms with Crippen LogP contribution in [0.3, 0.4) is 0 Å². The Bertz CT molecular complexity index is 77.6. The molecule has 56 valence electrons. The van der Waals surface area contributed by atoms with E-state index in [1.165, 1.54) is 0 Å². The predicted octanol–water partition coefficient (Wildman–Crippen LogP) is -7.78. The predicted molar refractivity (Wildman–Crippen MR) is 14.2 cm³/mol. The highest BCUT2D eigenvalue weighted by Crippen LogP contribution is 1.69. The van der Waals surface area contributed by atoms with Crippen molar-refractivity contribution >= 4 is 0 Å². The first-order valence-corrected chi connectivity index (χ1v) is 5.36. The van der Waals surface area contributed by atoms with Crippen molar-refractivity contribution in [3.8, 4) is 0 Å². The van der Waals surface area contributed by atoms with Crippen molar-refractivity contribution in [2.75, 3.05) is 6.61 Å². The molecule has 0 aromatic heterocycles. The minimum atomic E-state index is -5.78. The average Bonchev–Trinajstić information content (AvgIpc) is 1.62. The molecular formula is C2H5IO6. The van der Waals surface area contributed by atoms with E-state index in [1.54, 1.807) is 0 Å². The fraction of sp³-hybridized carbons (Fsp3) is 1.00. The van der Waals surface area contributed by atoms with Gasteiger partial charge in [0.15, 0.2) is 0 Å². The Morgan fingerprint density at radius 2 is 1.89 bits per heavy atom. The lowest BCUT2D eigenvalue weighted by Crippen LogP contribution is -4.24. The normalized spacial score (nSPS) is 15.7. The van der Waals surface area contributed by atoms with Crippen molar-refractivity contribution in [1.29, 1.82) is 0 Å². The molecule has 0 aliphatic rings. The largest absolute Gasteiger partial charge is 0.391 e. The summed E-state index contributed by atoms with van der Waals surface area (Å²) in [4.78, 5) is 0. The average molecular weight is 252 g/mol. The van der Waals surface area contributed by atoms with Gasteiger partial charge in [-0.25, -0.2) is 0 Å². The third-order valence-electron chi connectivity index (χ3n) is 0.368. The van der Waals surface area contributed by atoms with E-state index in [-0.39, 0.29) is 0 Å². The molecule has 0 rings (SSSR count). The van der Waals surface area contributed by atoms with Crippen LogP contribution in [0.5, 0.6) is 0 Å². The van der Waals surface area contributed by atoms with Crippen molar-refractivity contribution in [2.24, 2.45) is 0 Å². The highest BCUT2D eigenvalue weighted by Gasteiger charge is 2.31. The maximum absolute atomic E-state index is 9.65. The molecule has 0 aliphatic heterocycles. The molecule has 7 heteroatoms. The Morgan fingerprint density at radius 1 is 1.44 bits per heavy atom. The summed E-state index contributed by atoms with van der Waals surface area (Å²) in [6, 6.07) is 0. The van der Waals surface area contributed by atoms with Gasteiger partial charge in [0.1, 0.15) is 6.61 Å². The van der Waals surface area contributed by atoms with E-state index in [9.17, 15) is 10.3 Å². The smallest absolute Gasteiger partial charge is 0.376 e. The van der Waals surface area contributed by atoms with Crippen LogP contribution < -0.4 is 30.4 Å². The van der Waals surface area contributed by atoms with Gasteiger partial charge in [0.25, 0.3) is 0 Å². The highest BCUT2D eigenvalue weighted by molar-refractivity contribution is 4.23. The standard InChI is InChI=1S/C2H5IO6/c4-1-2(5)9-3(6,7)8/h2,4-5H,1H2. The van der Waals surface area contributed by atoms with E-state index < -0.39 is 33.0 Å². The number of aliphatic hydroxyl groups excluding tert-OH is 2. The fourth-order valence-corrected chi connectivity index (χ4v) is 1.03. The summed E-state index contributed by atoms with van der Waals surface area (Å²) < 4.78 is 32.4. The first-order chi connectivity index (χ1) is 3.95. The van der Waals surface area contributed by atoms with Gasteiger partial charge in [0.2, 0.25) is 0 Å². The number of halogens is 1. The van der Waals surface area contributed by atoms with Crippen molar-refractivity contribution in [1.82, 2.24) is 0 Å². The molecule has 0 saturated carbocycles. The van der Waals surface area contributed by atoms with Gasteiger partial charge >= 0.3 is 26.4 Å². The van der Waals surface area contributed by atoms with Crippen LogP contribution in [0, 0.1) is 0 Å². The third kappa shape index (κ3) is 6.37. The molecule has 6 nitrogen and oxygen atoms in total. The Kier molecular flexibility index (Phi) is 3.80. The van der Waals surface area contributed by atoms with Gasteiger partial charge in [0, 0.05) is 0 Å². The lowest BCUT2D eigenvalue weighted by Gasteiger charge is -2.07. The zero-order valence-corrected chi connectivity index (χ0v) is 6.35. The van der Waals surface area contributed by atoms with Gasteiger partial charge in [-0.2, -0.15) is 0 Å². The lowest BCUT2D eigenvalue weighted by molar-refractivity contribution is -1.92. The summed E-state index contributed by atoms with van der Waals surface area (Å²) in [5.41, 5.74) is 0. The number of hydrogen-bond donors (Lipinski definition) is 2. The molecule has 0 aromatic rings. The van der Waals surface area contributed by atoms with Gasteiger partial charge < -0.3 is 10.2 Å². The zero-order valence-electron chi connectivity index (χ0n) is 4.19. The second-order valence-corrected chi connectivity index (χ2v) is 3.77. The topological polar surface area (TPSA) is 119 Å². The number of hydrogen-bond acceptors (Lipinski definition) is 6. The monoisotopic (exact) mass is 252 g/mol. The lowest BCUT2D eigenvalue weighted by atomic mass is 10.7. The van der Waals surface area contributed by atoms with Crippen LogP contribution in [0.1, 0.15) is 0 Å². The van der Waals surface area contributed by atoms with Crippen LogP contribution in [0.15, 0.2) is 0 Å². The molecule has 0 bridgehead atoms. The van der Waals surface area contributed by atoms with E-state index in [1.807, 2.05) is 0 Å². The molecule has 2 N–H and O–H groups in total. The van der Waals surface area contributed by atoms with Gasteiger partial charge in [-0.3, -0.25) is 10.3 Å². The molecule has 0 fully saturated rings. The Morgan fingerprint density at radius 3 is 2.00 bits per heavy atom. The van der Waals surface area contributed by atoms with E-state index in [4.69, 9.17) is 10.2 Å². The highest BCUT2D eigenvalue weighted by atomic mass is 127. The van der Waals surface area contributed by atoms with Crippen molar-refractivity contribution in [3.63, 3.8) is 0 Å². The Labute approximate surface area is 57.0 Å². The van der Waals surface area contributed by atoms with Crippen LogP contribution in [0.4, 0.5) is 0 Å². The van der Waals surface area contributed by atoms with E-state index >= 15 is 0 Å². The van der Waals surface area contributed by atoms with Crippen LogP contribution in [-0.4, -0.2) is 23.1 Å². The van der Waals surface area contributed by atoms with Crippen LogP contribution in [0.2, 0.25) is 0 Å². The second kappa shape index (κ2) is 3.61. The number of rotatable bonds is 3. The quantitative estimate of drug-likeness (QED) is 0.380. The van der Waals surface area contributed by atoms with Crippen molar-refractivity contribution < 1.29 is 43.7 Å². The van der Waals surface area contributed by atoms with Gasteiger partial charge in [0.05, 0.1) is 3.07 Å². The van der Waals surface area contributed by atoms with Gasteiger partial charge in [-0.15, -0.1) is 0 Å². The Balaban J connectivity index is 3.47. The van der Waals surface area contributed by atoms with Crippen molar-refractivity contribution in [3.05, 3.63) is 0 Å². The first kappa shape index (κ1) is 9.49. The molecule has 0 amide bonds. The molecule has 1 unspecified atom stereocenters. The van der Waals surface area contributed by atoms with Gasteiger partial charge in [-0.1, -0.05) is 0 Å². The molecule has 9 heavy (non-hydrogen) atoms. The maximum Gasteiger partial charge on any atom is 0.376 e. The zero-order chi connectivity index (χ0) is 7.49. The SMILES string of the molecule is [O-][I+3]([O-])([O-])OC(O)CO. The van der Waals surface area contributed by atoms with Crippen LogP contribution in [-0.2, 0) is 3.07 Å². The number of aliphatic hydroxyl groups is 2. The summed E-state index contributed by atoms with van der Waals surface area (Å²) in [6.45, 7) is -0.905. The molecule has 1 atom stereocenters. The minimum absolute atomic E-state index is 0.905. The fourth-order valence-electron chi connectivity index (χ4n) is 0.154. The summed E-state index contributed by atoms with van der Waals surface area (Å²) in [5.74, 6) is 0.